The number of thiazole rings is 1. The third kappa shape index (κ3) is 2.80. The highest BCUT2D eigenvalue weighted by atomic mass is 32.1. The Labute approximate surface area is 116 Å². The van der Waals surface area contributed by atoms with E-state index in [4.69, 9.17) is 15.6 Å². The van der Waals surface area contributed by atoms with Crippen molar-refractivity contribution < 1.29 is 14.6 Å². The van der Waals surface area contributed by atoms with Gasteiger partial charge in [-0.05, 0) is 31.6 Å². The molecule has 1 aliphatic carbocycles. The van der Waals surface area contributed by atoms with Crippen LogP contribution in [0, 0.1) is 5.92 Å². The lowest BCUT2D eigenvalue weighted by Crippen LogP contribution is -2.33. The van der Waals surface area contributed by atoms with Gasteiger partial charge in [0.1, 0.15) is 16.7 Å². The summed E-state index contributed by atoms with van der Waals surface area (Å²) in [4.78, 5) is 15.3. The van der Waals surface area contributed by atoms with Crippen molar-refractivity contribution in [2.24, 2.45) is 11.7 Å². The number of nitrogens with zero attached hydrogens (tertiary/aromatic N) is 1. The Balaban J connectivity index is 2.22. The number of carboxylic acid groups (broad SMARTS) is 1. The molecule has 1 unspecified atom stereocenters. The van der Waals surface area contributed by atoms with Gasteiger partial charge in [-0.25, -0.2) is 4.98 Å². The van der Waals surface area contributed by atoms with Crippen LogP contribution in [0.4, 0.5) is 0 Å². The molecule has 0 spiro atoms. The van der Waals surface area contributed by atoms with Crippen LogP contribution in [0.2, 0.25) is 0 Å². The smallest absolute Gasteiger partial charge is 0.326 e. The maximum absolute atomic E-state index is 10.9. The number of ether oxygens (including phenoxy) is 1. The van der Waals surface area contributed by atoms with Crippen molar-refractivity contribution in [2.45, 2.75) is 44.2 Å². The fourth-order valence-electron chi connectivity index (χ4n) is 2.50. The van der Waals surface area contributed by atoms with Crippen LogP contribution in [-0.4, -0.2) is 23.2 Å². The highest BCUT2D eigenvalue weighted by Gasteiger charge is 2.39. The lowest BCUT2D eigenvalue weighted by molar-refractivity contribution is -0.138. The second-order valence-electron chi connectivity index (χ2n) is 5.27. The predicted molar refractivity (Wildman–Crippen MR) is 73.0 cm³/mol. The van der Waals surface area contributed by atoms with Gasteiger partial charge in [-0.2, -0.15) is 0 Å². The average Bonchev–Trinajstić information content (AvgIpc) is 2.89. The molecule has 106 valence electrons. The van der Waals surface area contributed by atoms with E-state index in [0.717, 1.165) is 30.7 Å². The zero-order chi connectivity index (χ0) is 14.0. The molecule has 3 N–H and O–H groups in total. The lowest BCUT2D eigenvalue weighted by Gasteiger charge is -2.36. The maximum Gasteiger partial charge on any atom is 0.326 e. The molecule has 1 aromatic rings. The number of methoxy groups -OCH3 is 1. The number of carboxylic acids is 1. The van der Waals surface area contributed by atoms with Crippen LogP contribution in [0.5, 0.6) is 0 Å². The van der Waals surface area contributed by atoms with E-state index >= 15 is 0 Å². The minimum Gasteiger partial charge on any atom is -0.480 e. The number of hydrogen-bond donors (Lipinski definition) is 2. The van der Waals surface area contributed by atoms with E-state index in [0.29, 0.717) is 11.6 Å². The maximum atomic E-state index is 10.9. The van der Waals surface area contributed by atoms with Crippen molar-refractivity contribution in [3.63, 3.8) is 0 Å². The number of aliphatic carboxylic acids is 1. The van der Waals surface area contributed by atoms with Crippen molar-refractivity contribution in [1.29, 1.82) is 0 Å². The van der Waals surface area contributed by atoms with E-state index in [2.05, 4.69) is 11.9 Å². The Bertz CT molecular complexity index is 452. The van der Waals surface area contributed by atoms with E-state index in [1.165, 1.54) is 11.3 Å². The van der Waals surface area contributed by atoms with Crippen LogP contribution in [0.15, 0.2) is 5.38 Å². The molecule has 6 heteroatoms. The minimum absolute atomic E-state index is 0.354. The molecule has 1 aliphatic rings. The van der Waals surface area contributed by atoms with Crippen LogP contribution in [0.25, 0.3) is 0 Å². The van der Waals surface area contributed by atoms with Gasteiger partial charge in [0.2, 0.25) is 0 Å². The van der Waals surface area contributed by atoms with Crippen LogP contribution in [-0.2, 0) is 15.1 Å². The molecule has 1 atom stereocenters. The monoisotopic (exact) mass is 284 g/mol. The molecule has 0 bridgehead atoms. The fourth-order valence-corrected chi connectivity index (χ4v) is 3.59. The number of hydrogen-bond acceptors (Lipinski definition) is 5. The standard InChI is InChI=1S/C13H20N2O3S/c1-8-3-5-13(18-2,6-4-8)12-15-9(7-19-12)10(14)11(16)17/h7-8,10H,3-6,14H2,1-2H3,(H,16,17). The van der Waals surface area contributed by atoms with Crippen molar-refractivity contribution in [3.05, 3.63) is 16.1 Å². The summed E-state index contributed by atoms with van der Waals surface area (Å²) < 4.78 is 5.73. The van der Waals surface area contributed by atoms with Gasteiger partial charge < -0.3 is 15.6 Å². The van der Waals surface area contributed by atoms with Gasteiger partial charge in [-0.3, -0.25) is 4.79 Å². The first-order valence-electron chi connectivity index (χ1n) is 6.48. The zero-order valence-corrected chi connectivity index (χ0v) is 12.1. The van der Waals surface area contributed by atoms with Crippen LogP contribution < -0.4 is 5.73 Å². The van der Waals surface area contributed by atoms with E-state index in [9.17, 15) is 4.79 Å². The van der Waals surface area contributed by atoms with Crippen molar-refractivity contribution in [3.8, 4) is 0 Å². The van der Waals surface area contributed by atoms with E-state index < -0.39 is 12.0 Å². The summed E-state index contributed by atoms with van der Waals surface area (Å²) >= 11 is 1.45. The van der Waals surface area contributed by atoms with Gasteiger partial charge in [-0.1, -0.05) is 6.92 Å². The second kappa shape index (κ2) is 5.56. The number of aromatic nitrogens is 1. The Hall–Kier alpha value is -0.980. The number of nitrogens with two attached hydrogens (primary N) is 1. The molecule has 1 heterocycles. The van der Waals surface area contributed by atoms with Crippen LogP contribution >= 0.6 is 11.3 Å². The number of carbonyl (C=O) groups is 1. The van der Waals surface area contributed by atoms with Crippen LogP contribution in [0.3, 0.4) is 0 Å². The minimum atomic E-state index is -1.06. The van der Waals surface area contributed by atoms with Crippen molar-refractivity contribution in [1.82, 2.24) is 4.98 Å². The van der Waals surface area contributed by atoms with Crippen molar-refractivity contribution in [2.75, 3.05) is 7.11 Å². The third-order valence-corrected chi connectivity index (χ3v) is 5.01. The van der Waals surface area contributed by atoms with Gasteiger partial charge in [0.15, 0.2) is 0 Å². The Morgan fingerprint density at radius 2 is 2.26 bits per heavy atom. The highest BCUT2D eigenvalue weighted by molar-refractivity contribution is 7.09. The molecule has 0 saturated heterocycles. The van der Waals surface area contributed by atoms with Gasteiger partial charge in [0, 0.05) is 12.5 Å². The highest BCUT2D eigenvalue weighted by Crippen LogP contribution is 2.43. The average molecular weight is 284 g/mol. The summed E-state index contributed by atoms with van der Waals surface area (Å²) in [5.74, 6) is -0.343. The van der Waals surface area contributed by atoms with Crippen molar-refractivity contribution >= 4 is 17.3 Å². The SMILES string of the molecule is COC1(c2nc(C(N)C(=O)O)cs2)CCC(C)CC1. The summed E-state index contributed by atoms with van der Waals surface area (Å²) in [6, 6.07) is -1.05. The van der Waals surface area contributed by atoms with Gasteiger partial charge in [0.05, 0.1) is 5.69 Å². The van der Waals surface area contributed by atoms with Gasteiger partial charge in [-0.15, -0.1) is 11.3 Å². The summed E-state index contributed by atoms with van der Waals surface area (Å²) in [5.41, 5.74) is 5.66. The molecule has 1 saturated carbocycles. The lowest BCUT2D eigenvalue weighted by atomic mass is 9.80. The third-order valence-electron chi connectivity index (χ3n) is 3.97. The van der Waals surface area contributed by atoms with E-state index in [1.54, 1.807) is 12.5 Å². The summed E-state index contributed by atoms with van der Waals surface area (Å²) in [7, 11) is 1.70. The molecule has 1 aromatic heterocycles. The Kier molecular flexibility index (Phi) is 4.23. The van der Waals surface area contributed by atoms with E-state index in [1.807, 2.05) is 0 Å². The largest absolute Gasteiger partial charge is 0.480 e. The summed E-state index contributed by atoms with van der Waals surface area (Å²) in [5, 5.41) is 11.5. The second-order valence-corrected chi connectivity index (χ2v) is 6.13. The molecular formula is C13H20N2O3S. The number of rotatable bonds is 4. The first-order chi connectivity index (χ1) is 8.98. The summed E-state index contributed by atoms with van der Waals surface area (Å²) in [6.45, 7) is 2.24. The molecule has 0 amide bonds. The normalized spacial score (nSPS) is 29.1. The quantitative estimate of drug-likeness (QED) is 0.886. The van der Waals surface area contributed by atoms with Gasteiger partial charge >= 0.3 is 5.97 Å². The molecule has 1 fully saturated rings. The molecule has 5 nitrogen and oxygen atoms in total. The topological polar surface area (TPSA) is 85.4 Å². The fraction of sp³-hybridized carbons (Fsp3) is 0.692. The molecule has 0 aliphatic heterocycles. The first kappa shape index (κ1) is 14.4. The Morgan fingerprint density at radius 3 is 2.79 bits per heavy atom. The molecular weight excluding hydrogens is 264 g/mol. The first-order valence-corrected chi connectivity index (χ1v) is 7.36. The van der Waals surface area contributed by atoms with E-state index in [-0.39, 0.29) is 5.60 Å². The predicted octanol–water partition coefficient (Wildman–Crippen LogP) is 2.28. The van der Waals surface area contributed by atoms with Gasteiger partial charge in [0.25, 0.3) is 0 Å². The molecule has 0 radical (unpaired) electrons. The molecule has 19 heavy (non-hydrogen) atoms. The van der Waals surface area contributed by atoms with Crippen LogP contribution in [0.1, 0.15) is 49.4 Å². The molecule has 2 rings (SSSR count). The Morgan fingerprint density at radius 1 is 1.63 bits per heavy atom. The summed E-state index contributed by atoms with van der Waals surface area (Å²) in [6.07, 6.45) is 4.07. The molecule has 0 aromatic carbocycles. The zero-order valence-electron chi connectivity index (χ0n) is 11.3.